The zero-order valence-corrected chi connectivity index (χ0v) is 15.3. The van der Waals surface area contributed by atoms with Gasteiger partial charge in [0.2, 0.25) is 5.91 Å². The Morgan fingerprint density at radius 2 is 1.89 bits per heavy atom. The summed E-state index contributed by atoms with van der Waals surface area (Å²) in [6.45, 7) is 3.15. The summed E-state index contributed by atoms with van der Waals surface area (Å²) < 4.78 is 5.52. The number of benzene rings is 1. The molecule has 0 aliphatic carbocycles. The Labute approximate surface area is 158 Å². The number of carbonyl (C=O) groups is 2. The van der Waals surface area contributed by atoms with Gasteiger partial charge in [0.1, 0.15) is 11.4 Å². The maximum absolute atomic E-state index is 12.7. The van der Waals surface area contributed by atoms with Gasteiger partial charge in [-0.2, -0.15) is 0 Å². The number of hydrogen-bond donors (Lipinski definition) is 0. The van der Waals surface area contributed by atoms with Gasteiger partial charge >= 0.3 is 0 Å². The Hall–Kier alpha value is -2.89. The van der Waals surface area contributed by atoms with Gasteiger partial charge < -0.3 is 14.5 Å². The molecule has 0 spiro atoms. The first-order valence-electron chi connectivity index (χ1n) is 9.43. The molecule has 2 aliphatic heterocycles. The maximum atomic E-state index is 12.7. The van der Waals surface area contributed by atoms with Crippen molar-refractivity contribution in [1.82, 2.24) is 14.8 Å². The van der Waals surface area contributed by atoms with E-state index >= 15 is 0 Å². The Morgan fingerprint density at radius 3 is 2.74 bits per heavy atom. The maximum Gasteiger partial charge on any atom is 0.272 e. The summed E-state index contributed by atoms with van der Waals surface area (Å²) in [5, 5.41) is 0. The van der Waals surface area contributed by atoms with Crippen LogP contribution in [0, 0.1) is 0 Å². The molecule has 6 heteroatoms. The molecule has 3 heterocycles. The molecular formula is C21H23N3O3. The monoisotopic (exact) mass is 365 g/mol. The zero-order valence-electron chi connectivity index (χ0n) is 15.3. The van der Waals surface area contributed by atoms with Gasteiger partial charge in [0, 0.05) is 38.8 Å². The van der Waals surface area contributed by atoms with Crippen molar-refractivity contribution in [1.29, 1.82) is 0 Å². The molecular weight excluding hydrogens is 342 g/mol. The number of nitrogens with zero attached hydrogens (tertiary/aromatic N) is 3. The number of fused-ring (bicyclic) bond motifs is 1. The van der Waals surface area contributed by atoms with E-state index in [0.717, 1.165) is 30.8 Å². The first kappa shape index (κ1) is 17.5. The summed E-state index contributed by atoms with van der Waals surface area (Å²) in [4.78, 5) is 33.1. The molecule has 1 aromatic heterocycles. The van der Waals surface area contributed by atoms with E-state index in [1.807, 2.05) is 23.1 Å². The second-order valence-corrected chi connectivity index (χ2v) is 6.96. The molecule has 0 N–H and O–H groups in total. The van der Waals surface area contributed by atoms with Crippen LogP contribution in [0.15, 0.2) is 42.6 Å². The molecule has 1 saturated heterocycles. The van der Waals surface area contributed by atoms with E-state index in [4.69, 9.17) is 4.74 Å². The predicted molar refractivity (Wildman–Crippen MR) is 101 cm³/mol. The molecule has 0 atom stereocenters. The quantitative estimate of drug-likeness (QED) is 0.834. The normalized spacial score (nSPS) is 16.4. The van der Waals surface area contributed by atoms with Crippen molar-refractivity contribution < 1.29 is 14.3 Å². The van der Waals surface area contributed by atoms with Crippen molar-refractivity contribution in [2.45, 2.75) is 19.3 Å². The summed E-state index contributed by atoms with van der Waals surface area (Å²) in [5.41, 5.74) is 2.66. The first-order valence-corrected chi connectivity index (χ1v) is 9.43. The molecule has 140 valence electrons. The van der Waals surface area contributed by atoms with Crippen molar-refractivity contribution >= 4 is 11.8 Å². The molecule has 2 aromatic rings. The summed E-state index contributed by atoms with van der Waals surface area (Å²) in [6, 6.07) is 11.3. The third kappa shape index (κ3) is 3.94. The summed E-state index contributed by atoms with van der Waals surface area (Å²) in [6.07, 6.45) is 3.71. The second kappa shape index (κ2) is 7.78. The predicted octanol–water partition coefficient (Wildman–Crippen LogP) is 1.93. The van der Waals surface area contributed by atoms with E-state index in [-0.39, 0.29) is 11.8 Å². The highest BCUT2D eigenvalue weighted by Gasteiger charge is 2.23. The minimum atomic E-state index is -0.0662. The van der Waals surface area contributed by atoms with Crippen molar-refractivity contribution in [3.05, 3.63) is 59.4 Å². The minimum absolute atomic E-state index is 0.0662. The SMILES string of the molecule is O=C(Cc1ccc2c(c1)CCO2)N1CCCN(C(=O)c2ccccn2)CC1. The van der Waals surface area contributed by atoms with E-state index in [9.17, 15) is 9.59 Å². The molecule has 1 fully saturated rings. The number of hydrogen-bond acceptors (Lipinski definition) is 4. The Kier molecular flexibility index (Phi) is 5.05. The van der Waals surface area contributed by atoms with Crippen LogP contribution in [-0.4, -0.2) is 59.4 Å². The van der Waals surface area contributed by atoms with Crippen LogP contribution in [0.3, 0.4) is 0 Å². The molecule has 2 amide bonds. The lowest BCUT2D eigenvalue weighted by Crippen LogP contribution is -2.38. The topological polar surface area (TPSA) is 62.7 Å². The van der Waals surface area contributed by atoms with Crippen LogP contribution in [-0.2, 0) is 17.6 Å². The zero-order chi connectivity index (χ0) is 18.6. The number of amides is 2. The summed E-state index contributed by atoms with van der Waals surface area (Å²) >= 11 is 0. The molecule has 2 aliphatic rings. The standard InChI is InChI=1S/C21H23N3O3/c25-20(15-16-5-6-19-17(14-16)7-13-27-19)23-9-3-10-24(12-11-23)21(26)18-4-1-2-8-22-18/h1-2,4-6,8,14H,3,7,9-13,15H2. The van der Waals surface area contributed by atoms with E-state index in [2.05, 4.69) is 11.1 Å². The van der Waals surface area contributed by atoms with Crippen LogP contribution < -0.4 is 4.74 Å². The second-order valence-electron chi connectivity index (χ2n) is 6.96. The van der Waals surface area contributed by atoms with Gasteiger partial charge in [-0.1, -0.05) is 18.2 Å². The van der Waals surface area contributed by atoms with Gasteiger partial charge in [-0.3, -0.25) is 14.6 Å². The summed E-state index contributed by atoms with van der Waals surface area (Å²) in [5.74, 6) is 0.981. The van der Waals surface area contributed by atoms with Crippen LogP contribution in [0.5, 0.6) is 5.75 Å². The first-order chi connectivity index (χ1) is 13.2. The Bertz CT molecular complexity index is 838. The van der Waals surface area contributed by atoms with Gasteiger partial charge in [0.25, 0.3) is 5.91 Å². The number of rotatable bonds is 3. The molecule has 0 radical (unpaired) electrons. The fraction of sp³-hybridized carbons (Fsp3) is 0.381. The Morgan fingerprint density at radius 1 is 1.04 bits per heavy atom. The van der Waals surface area contributed by atoms with E-state index in [1.165, 1.54) is 5.56 Å². The minimum Gasteiger partial charge on any atom is -0.493 e. The highest BCUT2D eigenvalue weighted by molar-refractivity contribution is 5.92. The summed E-state index contributed by atoms with van der Waals surface area (Å²) in [7, 11) is 0. The van der Waals surface area contributed by atoms with Crippen LogP contribution >= 0.6 is 0 Å². The van der Waals surface area contributed by atoms with Gasteiger partial charge in [-0.25, -0.2) is 0 Å². The largest absolute Gasteiger partial charge is 0.493 e. The molecule has 0 unspecified atom stereocenters. The molecule has 0 bridgehead atoms. The highest BCUT2D eigenvalue weighted by atomic mass is 16.5. The van der Waals surface area contributed by atoms with E-state index < -0.39 is 0 Å². The highest BCUT2D eigenvalue weighted by Crippen LogP contribution is 2.26. The molecule has 1 aromatic carbocycles. The van der Waals surface area contributed by atoms with Crippen LogP contribution in [0.4, 0.5) is 0 Å². The van der Waals surface area contributed by atoms with Crippen molar-refractivity contribution in [2.24, 2.45) is 0 Å². The van der Waals surface area contributed by atoms with Crippen LogP contribution in [0.2, 0.25) is 0 Å². The molecule has 0 saturated carbocycles. The smallest absolute Gasteiger partial charge is 0.272 e. The lowest BCUT2D eigenvalue weighted by Gasteiger charge is -2.22. The number of ether oxygens (including phenoxy) is 1. The van der Waals surface area contributed by atoms with Gasteiger partial charge in [-0.05, 0) is 35.7 Å². The lowest BCUT2D eigenvalue weighted by atomic mass is 10.1. The number of carbonyl (C=O) groups excluding carboxylic acids is 2. The Balaban J connectivity index is 1.36. The van der Waals surface area contributed by atoms with Crippen molar-refractivity contribution in [3.63, 3.8) is 0 Å². The number of pyridine rings is 1. The van der Waals surface area contributed by atoms with Gasteiger partial charge in [0.05, 0.1) is 13.0 Å². The number of aromatic nitrogens is 1. The third-order valence-electron chi connectivity index (χ3n) is 5.13. The van der Waals surface area contributed by atoms with Crippen LogP contribution in [0.1, 0.15) is 28.0 Å². The fourth-order valence-corrected chi connectivity index (χ4v) is 3.66. The molecule has 27 heavy (non-hydrogen) atoms. The van der Waals surface area contributed by atoms with Crippen molar-refractivity contribution in [2.75, 3.05) is 32.8 Å². The van der Waals surface area contributed by atoms with Crippen molar-refractivity contribution in [3.8, 4) is 5.75 Å². The van der Waals surface area contributed by atoms with E-state index in [0.29, 0.717) is 38.3 Å². The third-order valence-corrected chi connectivity index (χ3v) is 5.13. The average molecular weight is 365 g/mol. The molecule has 4 rings (SSSR count). The lowest BCUT2D eigenvalue weighted by molar-refractivity contribution is -0.130. The van der Waals surface area contributed by atoms with Gasteiger partial charge in [-0.15, -0.1) is 0 Å². The van der Waals surface area contributed by atoms with E-state index in [1.54, 1.807) is 23.2 Å². The average Bonchev–Trinajstić information content (AvgIpc) is 3.02. The molecule has 6 nitrogen and oxygen atoms in total. The fourth-order valence-electron chi connectivity index (χ4n) is 3.66. The van der Waals surface area contributed by atoms with Crippen LogP contribution in [0.25, 0.3) is 0 Å². The van der Waals surface area contributed by atoms with Gasteiger partial charge in [0.15, 0.2) is 0 Å².